The van der Waals surface area contributed by atoms with Crippen molar-refractivity contribution in [2.24, 2.45) is 5.73 Å². The van der Waals surface area contributed by atoms with Crippen LogP contribution in [0.1, 0.15) is 6.42 Å². The molecule has 1 atom stereocenters. The smallest absolute Gasteiger partial charge is 0.312 e. The number of para-hydroxylation sites is 1. The lowest BCUT2D eigenvalue weighted by Gasteiger charge is -2.16. The summed E-state index contributed by atoms with van der Waals surface area (Å²) in [6, 6.07) is 8.11. The molecule has 0 saturated heterocycles. The van der Waals surface area contributed by atoms with Gasteiger partial charge in [-0.05, 0) is 30.6 Å². The Labute approximate surface area is 132 Å². The van der Waals surface area contributed by atoms with E-state index in [4.69, 9.17) is 5.73 Å². The van der Waals surface area contributed by atoms with Crippen LogP contribution in [0, 0.1) is 0 Å². The van der Waals surface area contributed by atoms with E-state index in [2.05, 4.69) is 15.6 Å². The molecule has 4 N–H and O–H groups in total. The molecule has 6 nitrogen and oxygen atoms in total. The highest BCUT2D eigenvalue weighted by Gasteiger charge is 2.19. The Morgan fingerprint density at radius 1 is 1.36 bits per heavy atom. The summed E-state index contributed by atoms with van der Waals surface area (Å²) in [5.74, 6) is 0.443. The topological polar surface area (TPSA) is 97.1 Å². The maximum atomic E-state index is 12.3. The number of amides is 3. The van der Waals surface area contributed by atoms with Gasteiger partial charge in [-0.1, -0.05) is 18.2 Å². The highest BCUT2D eigenvalue weighted by Crippen LogP contribution is 2.16. The number of carbonyl (C=O) groups excluding carboxylic acids is 2. The number of primary amides is 1. The first-order chi connectivity index (χ1) is 10.6. The lowest BCUT2D eigenvalue weighted by atomic mass is 10.2. The van der Waals surface area contributed by atoms with Crippen molar-refractivity contribution in [3.05, 3.63) is 36.5 Å². The Balaban J connectivity index is 2.10. The molecule has 0 bridgehead atoms. The van der Waals surface area contributed by atoms with Gasteiger partial charge in [0.2, 0.25) is 5.91 Å². The van der Waals surface area contributed by atoms with Crippen LogP contribution < -0.4 is 16.4 Å². The van der Waals surface area contributed by atoms with E-state index in [-0.39, 0.29) is 5.91 Å². The number of benzene rings is 1. The van der Waals surface area contributed by atoms with Crippen molar-refractivity contribution < 1.29 is 9.59 Å². The van der Waals surface area contributed by atoms with Crippen LogP contribution in [0.15, 0.2) is 36.5 Å². The minimum atomic E-state index is -0.710. The van der Waals surface area contributed by atoms with Crippen LogP contribution >= 0.6 is 11.8 Å². The second-order valence-corrected chi connectivity index (χ2v) is 5.73. The fourth-order valence-corrected chi connectivity index (χ4v) is 2.52. The minimum absolute atomic E-state index is 0.301. The SMILES string of the molecule is CSCCC(NC(N)=O)C(=O)Nc1cnc2ccccc2c1. The molecular formula is C15H18N4O2S. The molecule has 0 fully saturated rings. The number of aromatic nitrogens is 1. The first-order valence-electron chi connectivity index (χ1n) is 6.80. The molecule has 0 radical (unpaired) electrons. The second-order valence-electron chi connectivity index (χ2n) is 4.75. The molecule has 1 aromatic carbocycles. The molecule has 1 aromatic heterocycles. The highest BCUT2D eigenvalue weighted by atomic mass is 32.2. The average Bonchev–Trinajstić information content (AvgIpc) is 2.51. The van der Waals surface area contributed by atoms with Gasteiger partial charge in [0.25, 0.3) is 0 Å². The molecule has 22 heavy (non-hydrogen) atoms. The molecule has 0 aliphatic carbocycles. The number of nitrogens with two attached hydrogens (primary N) is 1. The number of fused-ring (bicyclic) bond motifs is 1. The van der Waals surface area contributed by atoms with Crippen molar-refractivity contribution in [3.63, 3.8) is 0 Å². The number of hydrogen-bond acceptors (Lipinski definition) is 4. The third-order valence-electron chi connectivity index (χ3n) is 3.10. The molecule has 116 valence electrons. The van der Waals surface area contributed by atoms with Gasteiger partial charge < -0.3 is 16.4 Å². The van der Waals surface area contributed by atoms with Crippen LogP contribution in [0.5, 0.6) is 0 Å². The van der Waals surface area contributed by atoms with Gasteiger partial charge in [0.05, 0.1) is 17.4 Å². The van der Waals surface area contributed by atoms with Crippen molar-refractivity contribution in [3.8, 4) is 0 Å². The van der Waals surface area contributed by atoms with Crippen molar-refractivity contribution in [1.29, 1.82) is 0 Å². The molecule has 0 saturated carbocycles. The zero-order chi connectivity index (χ0) is 15.9. The molecule has 2 aromatic rings. The fraction of sp³-hybridized carbons (Fsp3) is 0.267. The lowest BCUT2D eigenvalue weighted by Crippen LogP contribution is -2.46. The summed E-state index contributed by atoms with van der Waals surface area (Å²) in [5.41, 5.74) is 6.56. The van der Waals surface area contributed by atoms with Gasteiger partial charge in [0, 0.05) is 5.39 Å². The van der Waals surface area contributed by atoms with E-state index in [0.29, 0.717) is 12.1 Å². The lowest BCUT2D eigenvalue weighted by molar-refractivity contribution is -0.117. The maximum Gasteiger partial charge on any atom is 0.312 e. The van der Waals surface area contributed by atoms with Gasteiger partial charge in [-0.3, -0.25) is 9.78 Å². The molecule has 0 aliphatic rings. The van der Waals surface area contributed by atoms with Crippen molar-refractivity contribution >= 4 is 40.3 Å². The highest BCUT2D eigenvalue weighted by molar-refractivity contribution is 7.98. The maximum absolute atomic E-state index is 12.3. The average molecular weight is 318 g/mol. The van der Waals surface area contributed by atoms with E-state index >= 15 is 0 Å². The van der Waals surface area contributed by atoms with Crippen LogP contribution in [-0.4, -0.2) is 35.0 Å². The van der Waals surface area contributed by atoms with Crippen LogP contribution in [0.3, 0.4) is 0 Å². The number of pyridine rings is 1. The summed E-state index contributed by atoms with van der Waals surface area (Å²) in [6.07, 6.45) is 4.04. The number of nitrogens with one attached hydrogen (secondary N) is 2. The molecule has 3 amide bonds. The van der Waals surface area contributed by atoms with Gasteiger partial charge in [-0.25, -0.2) is 4.79 Å². The van der Waals surface area contributed by atoms with Gasteiger partial charge in [0.15, 0.2) is 0 Å². The molecule has 0 spiro atoms. The van der Waals surface area contributed by atoms with Gasteiger partial charge in [-0.2, -0.15) is 11.8 Å². The fourth-order valence-electron chi connectivity index (χ4n) is 2.05. The van der Waals surface area contributed by atoms with E-state index in [0.717, 1.165) is 16.7 Å². The van der Waals surface area contributed by atoms with Crippen LogP contribution in [-0.2, 0) is 4.79 Å². The summed E-state index contributed by atoms with van der Waals surface area (Å²) in [5, 5.41) is 6.17. The third kappa shape index (κ3) is 4.36. The summed E-state index contributed by atoms with van der Waals surface area (Å²) >= 11 is 1.60. The quantitative estimate of drug-likeness (QED) is 0.758. The monoisotopic (exact) mass is 318 g/mol. The zero-order valence-electron chi connectivity index (χ0n) is 12.2. The van der Waals surface area contributed by atoms with Crippen molar-refractivity contribution in [2.75, 3.05) is 17.3 Å². The minimum Gasteiger partial charge on any atom is -0.352 e. The van der Waals surface area contributed by atoms with Gasteiger partial charge in [0.1, 0.15) is 6.04 Å². The first-order valence-corrected chi connectivity index (χ1v) is 8.20. The Morgan fingerprint density at radius 3 is 2.86 bits per heavy atom. The first kappa shape index (κ1) is 16.1. The van der Waals surface area contributed by atoms with Crippen molar-refractivity contribution in [2.45, 2.75) is 12.5 Å². The van der Waals surface area contributed by atoms with Crippen LogP contribution in [0.2, 0.25) is 0 Å². The molecule has 1 unspecified atom stereocenters. The number of rotatable bonds is 6. The molecule has 7 heteroatoms. The van der Waals surface area contributed by atoms with E-state index in [1.807, 2.05) is 36.6 Å². The van der Waals surface area contributed by atoms with E-state index < -0.39 is 12.1 Å². The van der Waals surface area contributed by atoms with E-state index in [9.17, 15) is 9.59 Å². The summed E-state index contributed by atoms with van der Waals surface area (Å²) in [6.45, 7) is 0. The molecule has 1 heterocycles. The zero-order valence-corrected chi connectivity index (χ0v) is 13.0. The molecule has 2 rings (SSSR count). The number of anilines is 1. The van der Waals surface area contributed by atoms with E-state index in [1.54, 1.807) is 18.0 Å². The van der Waals surface area contributed by atoms with Crippen LogP contribution in [0.4, 0.5) is 10.5 Å². The number of thioether (sulfide) groups is 1. The Bertz CT molecular complexity index is 677. The molecule has 0 aliphatic heterocycles. The molecular weight excluding hydrogens is 300 g/mol. The Hall–Kier alpha value is -2.28. The van der Waals surface area contributed by atoms with Crippen molar-refractivity contribution in [1.82, 2.24) is 10.3 Å². The standard InChI is InChI=1S/C15H18N4O2S/c1-22-7-6-13(19-15(16)21)14(20)18-11-8-10-4-2-3-5-12(10)17-9-11/h2-5,8-9,13H,6-7H2,1H3,(H,18,20)(H3,16,19,21). The number of nitrogens with zero attached hydrogens (tertiary/aromatic N) is 1. The summed E-state index contributed by atoms with van der Waals surface area (Å²) in [7, 11) is 0. The Kier molecular flexibility index (Phi) is 5.60. The normalized spacial score (nSPS) is 11.9. The largest absolute Gasteiger partial charge is 0.352 e. The number of hydrogen-bond donors (Lipinski definition) is 3. The van der Waals surface area contributed by atoms with Gasteiger partial charge in [-0.15, -0.1) is 0 Å². The number of urea groups is 1. The summed E-state index contributed by atoms with van der Waals surface area (Å²) < 4.78 is 0. The van der Waals surface area contributed by atoms with Crippen LogP contribution in [0.25, 0.3) is 10.9 Å². The predicted octanol–water partition coefficient (Wildman–Crippen LogP) is 1.96. The third-order valence-corrected chi connectivity index (χ3v) is 3.75. The Morgan fingerprint density at radius 2 is 2.14 bits per heavy atom. The second kappa shape index (κ2) is 7.65. The predicted molar refractivity (Wildman–Crippen MR) is 89.9 cm³/mol. The number of carbonyl (C=O) groups is 2. The van der Waals surface area contributed by atoms with E-state index in [1.165, 1.54) is 0 Å². The summed E-state index contributed by atoms with van der Waals surface area (Å²) in [4.78, 5) is 27.6. The van der Waals surface area contributed by atoms with Gasteiger partial charge >= 0.3 is 6.03 Å².